The predicted octanol–water partition coefficient (Wildman–Crippen LogP) is 0.186. The summed E-state index contributed by atoms with van der Waals surface area (Å²) >= 11 is -0.611. The molecule has 0 saturated carbocycles. The average Bonchev–Trinajstić information content (AvgIpc) is 2.00. The fourth-order valence-corrected chi connectivity index (χ4v) is 0.420. The lowest BCUT2D eigenvalue weighted by molar-refractivity contribution is 0.0856. The summed E-state index contributed by atoms with van der Waals surface area (Å²) in [5.74, 6) is -0.141. The van der Waals surface area contributed by atoms with Gasteiger partial charge in [-0.05, 0) is 19.4 Å². The lowest BCUT2D eigenvalue weighted by atomic mass is 10.2. The van der Waals surface area contributed by atoms with Gasteiger partial charge in [0.1, 0.15) is 11.9 Å². The van der Waals surface area contributed by atoms with Gasteiger partial charge in [0.25, 0.3) is 0 Å². The van der Waals surface area contributed by atoms with Crippen LogP contribution in [0.1, 0.15) is 13.8 Å². The van der Waals surface area contributed by atoms with Crippen molar-refractivity contribution in [1.82, 2.24) is 0 Å². The molecule has 13 heavy (non-hydrogen) atoms. The fraction of sp³-hybridized carbons (Fsp3) is 0.750. The van der Waals surface area contributed by atoms with Gasteiger partial charge in [-0.3, -0.25) is 0 Å². The Balaban J connectivity index is 0. The van der Waals surface area contributed by atoms with Crippen molar-refractivity contribution in [1.29, 1.82) is 0 Å². The van der Waals surface area contributed by atoms with Crippen molar-refractivity contribution in [2.24, 2.45) is 0 Å². The van der Waals surface area contributed by atoms with Crippen molar-refractivity contribution < 1.29 is 19.9 Å². The Bertz CT molecular complexity index is 149. The van der Waals surface area contributed by atoms with Crippen LogP contribution in [-0.4, -0.2) is 45.1 Å². The number of hydrogen-bond donors (Lipinski definition) is 3. The molecule has 0 aromatic heterocycles. The van der Waals surface area contributed by atoms with Gasteiger partial charge in [-0.15, -0.1) is 0 Å². The first-order valence-corrected chi connectivity index (χ1v) is 5.69. The first-order valence-electron chi connectivity index (χ1n) is 3.73. The summed E-state index contributed by atoms with van der Waals surface area (Å²) in [4.78, 5) is 0. The molecule has 0 amide bonds. The quantitative estimate of drug-likeness (QED) is 0.448. The second-order valence-electron chi connectivity index (χ2n) is 2.83. The zero-order valence-electron chi connectivity index (χ0n) is 8.44. The van der Waals surface area contributed by atoms with Crippen molar-refractivity contribution in [2.75, 3.05) is 19.1 Å². The summed E-state index contributed by atoms with van der Waals surface area (Å²) in [6, 6.07) is 0. The first kappa shape index (κ1) is 15.3. The maximum Gasteiger partial charge on any atom is 0.134 e. The van der Waals surface area contributed by atoms with E-state index in [2.05, 4.69) is 0 Å². The van der Waals surface area contributed by atoms with Crippen LogP contribution in [0.4, 0.5) is 0 Å². The average molecular weight is 210 g/mol. The summed E-state index contributed by atoms with van der Waals surface area (Å²) in [5, 5.41) is 25.9. The van der Waals surface area contributed by atoms with E-state index in [1.807, 2.05) is 0 Å². The van der Waals surface area contributed by atoms with Crippen molar-refractivity contribution in [2.45, 2.75) is 20.0 Å². The molecule has 0 saturated heterocycles. The first-order chi connectivity index (χ1) is 5.82. The molecule has 0 rings (SSSR count). The minimum absolute atomic E-state index is 0.141. The van der Waals surface area contributed by atoms with Gasteiger partial charge in [0.2, 0.25) is 0 Å². The lowest BCUT2D eigenvalue weighted by Gasteiger charge is -2.06. The van der Waals surface area contributed by atoms with Gasteiger partial charge in [0.15, 0.2) is 0 Å². The van der Waals surface area contributed by atoms with E-state index in [1.54, 1.807) is 26.4 Å². The van der Waals surface area contributed by atoms with Crippen molar-refractivity contribution in [3.05, 3.63) is 11.3 Å². The molecule has 4 nitrogen and oxygen atoms in total. The molecule has 0 aliphatic rings. The van der Waals surface area contributed by atoms with Gasteiger partial charge in [0.05, 0.1) is 19.1 Å². The van der Waals surface area contributed by atoms with Crippen LogP contribution >= 0.6 is 0 Å². The van der Waals surface area contributed by atoms with Gasteiger partial charge in [-0.25, -0.2) is 0 Å². The molecule has 0 aromatic rings. The third-order valence-corrected chi connectivity index (χ3v) is 1.00. The molecular weight excluding hydrogens is 192 g/mol. The van der Waals surface area contributed by atoms with Gasteiger partial charge in [0, 0.05) is 0 Å². The number of rotatable bonds is 2. The van der Waals surface area contributed by atoms with Gasteiger partial charge < -0.3 is 19.9 Å². The zero-order chi connectivity index (χ0) is 11.0. The zero-order valence-corrected chi connectivity index (χ0v) is 9.26. The van der Waals surface area contributed by atoms with E-state index in [4.69, 9.17) is 15.3 Å². The Hall–Kier alpha value is -0.230. The topological polar surface area (TPSA) is 83.8 Å². The van der Waals surface area contributed by atoms with E-state index in [0.29, 0.717) is 5.57 Å². The monoisotopic (exact) mass is 210 g/mol. The number of aliphatic hydroxyl groups is 3. The Kier molecular flexibility index (Phi) is 9.82. The second-order valence-corrected chi connectivity index (χ2v) is 4.31. The van der Waals surface area contributed by atoms with E-state index in [1.165, 1.54) is 0 Å². The van der Waals surface area contributed by atoms with E-state index in [9.17, 15) is 4.55 Å². The van der Waals surface area contributed by atoms with E-state index < -0.39 is 23.9 Å². The molecule has 1 atom stereocenters. The number of aliphatic hydroxyl groups excluding tert-OH is 3. The summed E-state index contributed by atoms with van der Waals surface area (Å²) in [6.07, 6.45) is 2.16. The molecule has 80 valence electrons. The summed E-state index contributed by atoms with van der Waals surface area (Å²) in [5.41, 5.74) is 0.622. The Morgan fingerprint density at radius 1 is 1.38 bits per heavy atom. The van der Waals surface area contributed by atoms with Crippen molar-refractivity contribution in [3.8, 4) is 0 Å². The molecule has 0 aromatic carbocycles. The van der Waals surface area contributed by atoms with Crippen LogP contribution in [0.15, 0.2) is 11.3 Å². The number of hydrogen-bond acceptors (Lipinski definition) is 4. The molecule has 5 heteroatoms. The van der Waals surface area contributed by atoms with Crippen LogP contribution in [0.5, 0.6) is 0 Å². The Labute approximate surface area is 82.1 Å². The largest absolute Gasteiger partial charge is 0.617 e. The van der Waals surface area contributed by atoms with Crippen molar-refractivity contribution >= 4 is 11.2 Å². The minimum atomic E-state index is -1.12. The molecule has 1 unspecified atom stereocenters. The summed E-state index contributed by atoms with van der Waals surface area (Å²) < 4.78 is 9.56. The highest BCUT2D eigenvalue weighted by molar-refractivity contribution is 7.89. The predicted molar refractivity (Wildman–Crippen MR) is 54.1 cm³/mol. The SMILES string of the molecule is CC(C)=C(O)C(O)CO.C[S+](C)[O-]. The fourth-order valence-electron chi connectivity index (χ4n) is 0.420. The van der Waals surface area contributed by atoms with Crippen LogP contribution in [0.2, 0.25) is 0 Å². The maximum atomic E-state index is 9.56. The van der Waals surface area contributed by atoms with Crippen LogP contribution in [0.25, 0.3) is 0 Å². The molecule has 3 N–H and O–H groups in total. The van der Waals surface area contributed by atoms with Crippen molar-refractivity contribution in [3.63, 3.8) is 0 Å². The minimum Gasteiger partial charge on any atom is -0.617 e. The Morgan fingerprint density at radius 2 is 1.69 bits per heavy atom. The standard InChI is InChI=1S/C6H12O3.C2H6OS/c1-4(2)6(9)5(8)3-7;1-4(2)3/h5,7-9H,3H2,1-2H3;1-2H3. The molecule has 0 aliphatic heterocycles. The summed E-state index contributed by atoms with van der Waals surface area (Å²) in [7, 11) is 0. The molecule has 0 heterocycles. The maximum absolute atomic E-state index is 9.56. The smallest absolute Gasteiger partial charge is 0.134 e. The molecule has 0 radical (unpaired) electrons. The van der Waals surface area contributed by atoms with Gasteiger partial charge in [-0.2, -0.15) is 0 Å². The normalized spacial score (nSPS) is 11.7. The van der Waals surface area contributed by atoms with Crippen LogP contribution in [0.3, 0.4) is 0 Å². The molecule has 0 spiro atoms. The van der Waals surface area contributed by atoms with Gasteiger partial charge >= 0.3 is 0 Å². The van der Waals surface area contributed by atoms with Crippen LogP contribution in [-0.2, 0) is 11.2 Å². The van der Waals surface area contributed by atoms with E-state index in [-0.39, 0.29) is 5.76 Å². The third-order valence-electron chi connectivity index (χ3n) is 1.00. The van der Waals surface area contributed by atoms with E-state index in [0.717, 1.165) is 0 Å². The van der Waals surface area contributed by atoms with E-state index >= 15 is 0 Å². The number of allylic oxidation sites excluding steroid dienone is 1. The van der Waals surface area contributed by atoms with Crippen LogP contribution in [0, 0.1) is 0 Å². The molecule has 0 aliphatic carbocycles. The highest BCUT2D eigenvalue weighted by Crippen LogP contribution is 2.03. The highest BCUT2D eigenvalue weighted by atomic mass is 32.2. The Morgan fingerprint density at radius 3 is 1.77 bits per heavy atom. The third kappa shape index (κ3) is 11.8. The molecular formula is C8H18O4S. The second kappa shape index (κ2) is 8.37. The lowest BCUT2D eigenvalue weighted by Crippen LogP contribution is -2.15. The molecule has 0 fully saturated rings. The summed E-state index contributed by atoms with van der Waals surface area (Å²) in [6.45, 7) is 2.89. The highest BCUT2D eigenvalue weighted by Gasteiger charge is 2.07. The van der Waals surface area contributed by atoms with Crippen LogP contribution < -0.4 is 0 Å². The van der Waals surface area contributed by atoms with Gasteiger partial charge in [-0.1, -0.05) is 11.2 Å². The molecule has 0 bridgehead atoms.